The molecule has 0 aliphatic heterocycles. The molecule has 0 radical (unpaired) electrons. The molecule has 1 aromatic heterocycles. The van der Waals surface area contributed by atoms with E-state index in [1.54, 1.807) is 26.0 Å². The van der Waals surface area contributed by atoms with E-state index in [4.69, 9.17) is 4.42 Å². The molecule has 2 aromatic rings. The van der Waals surface area contributed by atoms with Crippen molar-refractivity contribution in [2.24, 2.45) is 0 Å². The van der Waals surface area contributed by atoms with Crippen LogP contribution in [-0.2, 0) is 4.74 Å². The number of carbonyl (C=O) groups is 3. The highest BCUT2D eigenvalue weighted by molar-refractivity contribution is 6.02. The van der Waals surface area contributed by atoms with Gasteiger partial charge in [-0.1, -0.05) is 11.6 Å². The van der Waals surface area contributed by atoms with Crippen molar-refractivity contribution >= 4 is 18.3 Å². The number of carbonyl (C=O) groups excluding carboxylic acids is 3. The van der Waals surface area contributed by atoms with Crippen molar-refractivity contribution in [1.82, 2.24) is 10.9 Å². The summed E-state index contributed by atoms with van der Waals surface area (Å²) < 4.78 is 10.1. The molecule has 2 rings (SSSR count). The van der Waals surface area contributed by atoms with E-state index in [-0.39, 0.29) is 12.4 Å². The van der Waals surface area contributed by atoms with Crippen LogP contribution in [0.1, 0.15) is 39.0 Å². The van der Waals surface area contributed by atoms with Crippen LogP contribution in [0.15, 0.2) is 28.7 Å². The average molecular weight is 330 g/mol. The fourth-order valence-corrected chi connectivity index (χ4v) is 2.36. The van der Waals surface area contributed by atoms with Gasteiger partial charge in [-0.2, -0.15) is 0 Å². The third kappa shape index (κ3) is 3.81. The van der Waals surface area contributed by atoms with E-state index in [2.05, 4.69) is 15.6 Å². The highest BCUT2D eigenvalue weighted by Crippen LogP contribution is 2.29. The lowest BCUT2D eigenvalue weighted by molar-refractivity contribution is 0.0912. The highest BCUT2D eigenvalue weighted by atomic mass is 16.6. The Labute approximate surface area is 139 Å². The van der Waals surface area contributed by atoms with E-state index in [1.807, 2.05) is 13.0 Å². The molecule has 0 unspecified atom stereocenters. The van der Waals surface area contributed by atoms with Crippen LogP contribution in [0.5, 0.6) is 0 Å². The summed E-state index contributed by atoms with van der Waals surface area (Å²) in [5.74, 6) is 0.0463. The topological polar surface area (TPSA) is 97.6 Å². The minimum Gasteiger partial charge on any atom is -0.453 e. The lowest BCUT2D eigenvalue weighted by atomic mass is 9.97. The van der Waals surface area contributed by atoms with Gasteiger partial charge in [0.2, 0.25) is 0 Å². The minimum absolute atomic E-state index is 0.167. The number of rotatable bonds is 4. The Bertz CT molecular complexity index is 779. The quantitative estimate of drug-likeness (QED) is 0.663. The van der Waals surface area contributed by atoms with Crippen molar-refractivity contribution in [3.63, 3.8) is 0 Å². The lowest BCUT2D eigenvalue weighted by Gasteiger charge is -2.13. The molecule has 0 saturated carbocycles. The van der Waals surface area contributed by atoms with Crippen molar-refractivity contribution in [2.45, 2.75) is 20.8 Å². The largest absolute Gasteiger partial charge is 0.453 e. The molecule has 0 saturated heterocycles. The van der Waals surface area contributed by atoms with E-state index in [0.717, 1.165) is 5.56 Å². The van der Waals surface area contributed by atoms with Gasteiger partial charge in [0.1, 0.15) is 5.76 Å². The third-order valence-electron chi connectivity index (χ3n) is 3.27. The maximum Gasteiger partial charge on any atom is 0.426 e. The van der Waals surface area contributed by atoms with Gasteiger partial charge >= 0.3 is 6.09 Å². The summed E-state index contributed by atoms with van der Waals surface area (Å²) in [7, 11) is 0. The summed E-state index contributed by atoms with van der Waals surface area (Å²) in [4.78, 5) is 34.6. The first kappa shape index (κ1) is 17.3. The number of hydrogen-bond acceptors (Lipinski definition) is 5. The molecule has 0 fully saturated rings. The van der Waals surface area contributed by atoms with Crippen molar-refractivity contribution in [3.8, 4) is 11.3 Å². The number of hydrogen-bond donors (Lipinski definition) is 2. The van der Waals surface area contributed by atoms with Crippen LogP contribution >= 0.6 is 0 Å². The fourth-order valence-electron chi connectivity index (χ4n) is 2.36. The Kier molecular flexibility index (Phi) is 5.36. The summed E-state index contributed by atoms with van der Waals surface area (Å²) in [6.45, 7) is 5.51. The molecule has 2 amide bonds. The van der Waals surface area contributed by atoms with Crippen LogP contribution in [-0.4, -0.2) is 24.9 Å². The number of aryl methyl sites for hydroxylation is 2. The van der Waals surface area contributed by atoms with Gasteiger partial charge in [-0.15, -0.1) is 0 Å². The van der Waals surface area contributed by atoms with Crippen molar-refractivity contribution in [1.29, 1.82) is 0 Å². The number of furan rings is 1. The maximum atomic E-state index is 12.5. The maximum absolute atomic E-state index is 12.5. The Hall–Kier alpha value is -3.09. The zero-order valence-electron chi connectivity index (χ0n) is 13.6. The summed E-state index contributed by atoms with van der Waals surface area (Å²) >= 11 is 0. The fraction of sp³-hybridized carbons (Fsp3) is 0.235. The number of nitrogens with one attached hydrogen (secondary N) is 2. The molecule has 0 aliphatic rings. The minimum atomic E-state index is -0.751. The van der Waals surface area contributed by atoms with E-state index >= 15 is 0 Å². The van der Waals surface area contributed by atoms with Crippen molar-refractivity contribution < 1.29 is 23.5 Å². The van der Waals surface area contributed by atoms with Gasteiger partial charge in [-0.3, -0.25) is 15.0 Å². The van der Waals surface area contributed by atoms with Crippen LogP contribution in [0.2, 0.25) is 0 Å². The van der Waals surface area contributed by atoms with Crippen LogP contribution in [0.3, 0.4) is 0 Å². The van der Waals surface area contributed by atoms with Crippen LogP contribution in [0.4, 0.5) is 4.79 Å². The summed E-state index contributed by atoms with van der Waals surface area (Å²) in [6.07, 6.45) is -0.160. The van der Waals surface area contributed by atoms with Crippen molar-refractivity contribution in [3.05, 3.63) is 46.7 Å². The Morgan fingerprint density at radius 2 is 1.96 bits per heavy atom. The molecule has 0 aliphatic carbocycles. The first-order chi connectivity index (χ1) is 11.5. The van der Waals surface area contributed by atoms with E-state index in [9.17, 15) is 14.4 Å². The molecule has 1 heterocycles. The number of hydrazine groups is 1. The predicted molar refractivity (Wildman–Crippen MR) is 86.6 cm³/mol. The zero-order valence-corrected chi connectivity index (χ0v) is 13.6. The van der Waals surface area contributed by atoms with Crippen LogP contribution in [0, 0.1) is 13.8 Å². The number of aldehydes is 1. The van der Waals surface area contributed by atoms with Crippen LogP contribution in [0.25, 0.3) is 11.3 Å². The molecular weight excluding hydrogens is 312 g/mol. The van der Waals surface area contributed by atoms with Gasteiger partial charge in [-0.25, -0.2) is 10.2 Å². The molecular formula is C17H18N2O5. The molecule has 2 N–H and O–H groups in total. The molecule has 1 aromatic carbocycles. The Balaban J connectivity index is 2.36. The number of benzene rings is 1. The standard InChI is InChI=1S/C17H18N2O5/c1-4-23-17(22)19-18-16(21)15-11(3)7-10(2)8-13(15)14-6-5-12(9-20)24-14/h5-9H,4H2,1-3H3,(H,18,21)(H,19,22). The molecule has 0 bridgehead atoms. The summed E-state index contributed by atoms with van der Waals surface area (Å²) in [6, 6.07) is 6.76. The van der Waals surface area contributed by atoms with Crippen molar-refractivity contribution in [2.75, 3.05) is 6.61 Å². The molecule has 7 nitrogen and oxygen atoms in total. The second-order valence-electron chi connectivity index (χ2n) is 5.12. The second-order valence-corrected chi connectivity index (χ2v) is 5.12. The van der Waals surface area contributed by atoms with Gasteiger partial charge in [0.25, 0.3) is 5.91 Å². The molecule has 7 heteroatoms. The molecule has 24 heavy (non-hydrogen) atoms. The summed E-state index contributed by atoms with van der Waals surface area (Å²) in [5, 5.41) is 0. The van der Waals surface area contributed by atoms with E-state index in [1.165, 1.54) is 6.07 Å². The monoisotopic (exact) mass is 330 g/mol. The Morgan fingerprint density at radius 3 is 2.58 bits per heavy atom. The van der Waals surface area contributed by atoms with Gasteiger partial charge in [0.15, 0.2) is 12.0 Å². The first-order valence-electron chi connectivity index (χ1n) is 7.36. The zero-order chi connectivity index (χ0) is 17.7. The van der Waals surface area contributed by atoms with Gasteiger partial charge in [0, 0.05) is 5.56 Å². The molecule has 0 atom stereocenters. The van der Waals surface area contributed by atoms with Gasteiger partial charge < -0.3 is 9.15 Å². The van der Waals surface area contributed by atoms with E-state index < -0.39 is 12.0 Å². The van der Waals surface area contributed by atoms with Gasteiger partial charge in [0.05, 0.1) is 12.2 Å². The molecule has 126 valence electrons. The first-order valence-corrected chi connectivity index (χ1v) is 7.36. The normalized spacial score (nSPS) is 10.1. The third-order valence-corrected chi connectivity index (χ3v) is 3.27. The number of amides is 2. The highest BCUT2D eigenvalue weighted by Gasteiger charge is 2.19. The van der Waals surface area contributed by atoms with E-state index in [0.29, 0.717) is 28.7 Å². The summed E-state index contributed by atoms with van der Waals surface area (Å²) in [5.41, 5.74) is 6.98. The lowest BCUT2D eigenvalue weighted by Crippen LogP contribution is -2.42. The predicted octanol–water partition coefficient (Wildman–Crippen LogP) is 2.77. The van der Waals surface area contributed by atoms with Crippen LogP contribution < -0.4 is 10.9 Å². The Morgan fingerprint density at radius 1 is 1.21 bits per heavy atom. The van der Waals surface area contributed by atoms with Gasteiger partial charge in [-0.05, 0) is 44.5 Å². The number of ether oxygens (including phenoxy) is 1. The smallest absolute Gasteiger partial charge is 0.426 e. The second kappa shape index (κ2) is 7.45. The average Bonchev–Trinajstić information content (AvgIpc) is 3.01. The molecule has 0 spiro atoms. The SMILES string of the molecule is CCOC(=O)NNC(=O)c1c(C)cc(C)cc1-c1ccc(C=O)o1.